The van der Waals surface area contributed by atoms with Crippen LogP contribution in [0.4, 0.5) is 0 Å². The van der Waals surface area contributed by atoms with Crippen LogP contribution in [0.25, 0.3) is 0 Å². The SMILES string of the molecule is C1=CC(NCc2ccco2)CCC1. The van der Waals surface area contributed by atoms with Crippen molar-refractivity contribution in [1.29, 1.82) is 0 Å². The average Bonchev–Trinajstić information content (AvgIpc) is 2.69. The number of furan rings is 1. The van der Waals surface area contributed by atoms with E-state index in [2.05, 4.69) is 17.5 Å². The molecular weight excluding hydrogens is 162 g/mol. The first-order chi connectivity index (χ1) is 6.45. The van der Waals surface area contributed by atoms with Crippen molar-refractivity contribution < 1.29 is 4.42 Å². The fourth-order valence-electron chi connectivity index (χ4n) is 1.63. The van der Waals surface area contributed by atoms with Crippen molar-refractivity contribution in [1.82, 2.24) is 5.32 Å². The van der Waals surface area contributed by atoms with Crippen LogP contribution in [0.5, 0.6) is 0 Å². The number of hydrogen-bond acceptors (Lipinski definition) is 2. The van der Waals surface area contributed by atoms with E-state index in [4.69, 9.17) is 4.42 Å². The molecular formula is C11H15NO. The van der Waals surface area contributed by atoms with Crippen molar-refractivity contribution in [3.8, 4) is 0 Å². The molecule has 0 bridgehead atoms. The van der Waals surface area contributed by atoms with Gasteiger partial charge in [0.1, 0.15) is 5.76 Å². The third-order valence-corrected chi connectivity index (χ3v) is 2.37. The second-order valence-corrected chi connectivity index (χ2v) is 3.43. The summed E-state index contributed by atoms with van der Waals surface area (Å²) in [5.41, 5.74) is 0. The summed E-state index contributed by atoms with van der Waals surface area (Å²) in [6.07, 6.45) is 10.0. The van der Waals surface area contributed by atoms with Gasteiger partial charge in [-0.1, -0.05) is 12.2 Å². The summed E-state index contributed by atoms with van der Waals surface area (Å²) in [5, 5.41) is 3.44. The summed E-state index contributed by atoms with van der Waals surface area (Å²) in [4.78, 5) is 0. The van der Waals surface area contributed by atoms with Gasteiger partial charge in [-0.15, -0.1) is 0 Å². The van der Waals surface area contributed by atoms with Gasteiger partial charge in [0.25, 0.3) is 0 Å². The normalized spacial score (nSPS) is 22.0. The predicted octanol–water partition coefficient (Wildman–Crippen LogP) is 2.48. The molecule has 0 radical (unpaired) electrons. The van der Waals surface area contributed by atoms with E-state index in [1.165, 1.54) is 19.3 Å². The fraction of sp³-hybridized carbons (Fsp3) is 0.455. The standard InChI is InChI=1S/C11H15NO/c1-2-5-10(6-3-1)12-9-11-7-4-8-13-11/h2,4-5,7-8,10,12H,1,3,6,9H2. The van der Waals surface area contributed by atoms with Crippen molar-refractivity contribution in [2.45, 2.75) is 31.8 Å². The first-order valence-corrected chi connectivity index (χ1v) is 4.87. The Morgan fingerprint density at radius 3 is 3.23 bits per heavy atom. The number of hydrogen-bond donors (Lipinski definition) is 1. The highest BCUT2D eigenvalue weighted by atomic mass is 16.3. The van der Waals surface area contributed by atoms with Gasteiger partial charge in [-0.05, 0) is 31.4 Å². The molecule has 1 unspecified atom stereocenters. The molecule has 70 valence electrons. The highest BCUT2D eigenvalue weighted by molar-refractivity contribution is 5.01. The number of nitrogens with one attached hydrogen (secondary N) is 1. The zero-order chi connectivity index (χ0) is 8.93. The molecule has 2 heteroatoms. The van der Waals surface area contributed by atoms with E-state index < -0.39 is 0 Å². The highest BCUT2D eigenvalue weighted by Crippen LogP contribution is 2.10. The maximum absolute atomic E-state index is 5.24. The van der Waals surface area contributed by atoms with Gasteiger partial charge >= 0.3 is 0 Å². The van der Waals surface area contributed by atoms with Crippen LogP contribution in [0.2, 0.25) is 0 Å². The topological polar surface area (TPSA) is 25.2 Å². The predicted molar refractivity (Wildman–Crippen MR) is 52.3 cm³/mol. The first-order valence-electron chi connectivity index (χ1n) is 4.87. The second-order valence-electron chi connectivity index (χ2n) is 3.43. The van der Waals surface area contributed by atoms with Gasteiger partial charge in [-0.2, -0.15) is 0 Å². The lowest BCUT2D eigenvalue weighted by molar-refractivity contribution is 0.450. The van der Waals surface area contributed by atoms with Crippen molar-refractivity contribution >= 4 is 0 Å². The van der Waals surface area contributed by atoms with Gasteiger partial charge in [-0.3, -0.25) is 0 Å². The van der Waals surface area contributed by atoms with E-state index in [1.807, 2.05) is 12.1 Å². The van der Waals surface area contributed by atoms with Gasteiger partial charge in [0, 0.05) is 6.04 Å². The van der Waals surface area contributed by atoms with Crippen LogP contribution in [0.15, 0.2) is 35.0 Å². The lowest BCUT2D eigenvalue weighted by atomic mass is 10.0. The molecule has 2 rings (SSSR count). The minimum atomic E-state index is 0.541. The second kappa shape index (κ2) is 4.28. The molecule has 0 fully saturated rings. The smallest absolute Gasteiger partial charge is 0.117 e. The maximum Gasteiger partial charge on any atom is 0.117 e. The minimum absolute atomic E-state index is 0.541. The Morgan fingerprint density at radius 2 is 2.54 bits per heavy atom. The maximum atomic E-state index is 5.24. The number of allylic oxidation sites excluding steroid dienone is 1. The summed E-state index contributed by atoms with van der Waals surface area (Å²) < 4.78 is 5.24. The van der Waals surface area contributed by atoms with Gasteiger partial charge in [-0.25, -0.2) is 0 Å². The molecule has 0 saturated heterocycles. The minimum Gasteiger partial charge on any atom is -0.468 e. The monoisotopic (exact) mass is 177 g/mol. The van der Waals surface area contributed by atoms with Gasteiger partial charge in [0.2, 0.25) is 0 Å². The molecule has 1 heterocycles. The molecule has 1 aliphatic rings. The van der Waals surface area contributed by atoms with Crippen LogP contribution in [0.3, 0.4) is 0 Å². The Labute approximate surface area is 78.6 Å². The summed E-state index contributed by atoms with van der Waals surface area (Å²) in [5.74, 6) is 1.01. The third kappa shape index (κ3) is 2.46. The third-order valence-electron chi connectivity index (χ3n) is 2.37. The summed E-state index contributed by atoms with van der Waals surface area (Å²) >= 11 is 0. The van der Waals surface area contributed by atoms with E-state index >= 15 is 0 Å². The van der Waals surface area contributed by atoms with Crippen LogP contribution >= 0.6 is 0 Å². The van der Waals surface area contributed by atoms with Gasteiger partial charge in [0.15, 0.2) is 0 Å². The lowest BCUT2D eigenvalue weighted by Crippen LogP contribution is -2.27. The average molecular weight is 177 g/mol. The molecule has 1 N–H and O–H groups in total. The van der Waals surface area contributed by atoms with Gasteiger partial charge < -0.3 is 9.73 Å². The largest absolute Gasteiger partial charge is 0.468 e. The van der Waals surface area contributed by atoms with E-state index in [-0.39, 0.29) is 0 Å². The molecule has 1 atom stereocenters. The van der Waals surface area contributed by atoms with Crippen molar-refractivity contribution in [3.63, 3.8) is 0 Å². The Morgan fingerprint density at radius 1 is 1.54 bits per heavy atom. The van der Waals surface area contributed by atoms with Crippen LogP contribution in [0.1, 0.15) is 25.0 Å². The van der Waals surface area contributed by atoms with E-state index in [0.29, 0.717) is 6.04 Å². The summed E-state index contributed by atoms with van der Waals surface area (Å²) in [6.45, 7) is 0.835. The fourth-order valence-corrected chi connectivity index (χ4v) is 1.63. The Balaban J connectivity index is 1.79. The molecule has 2 nitrogen and oxygen atoms in total. The molecule has 1 aromatic rings. The van der Waals surface area contributed by atoms with Crippen LogP contribution < -0.4 is 5.32 Å². The number of rotatable bonds is 3. The van der Waals surface area contributed by atoms with Crippen LogP contribution in [-0.2, 0) is 6.54 Å². The molecule has 0 aliphatic heterocycles. The van der Waals surface area contributed by atoms with E-state index in [1.54, 1.807) is 6.26 Å². The lowest BCUT2D eigenvalue weighted by Gasteiger charge is -2.16. The van der Waals surface area contributed by atoms with Gasteiger partial charge in [0.05, 0.1) is 12.8 Å². The molecule has 0 amide bonds. The Bertz CT molecular complexity index is 264. The molecule has 0 spiro atoms. The molecule has 1 aromatic heterocycles. The molecule has 0 saturated carbocycles. The van der Waals surface area contributed by atoms with Crippen LogP contribution in [0, 0.1) is 0 Å². The summed E-state index contributed by atoms with van der Waals surface area (Å²) in [7, 11) is 0. The van der Waals surface area contributed by atoms with Crippen LogP contribution in [-0.4, -0.2) is 6.04 Å². The van der Waals surface area contributed by atoms with Crippen molar-refractivity contribution in [2.24, 2.45) is 0 Å². The molecule has 13 heavy (non-hydrogen) atoms. The highest BCUT2D eigenvalue weighted by Gasteiger charge is 2.07. The summed E-state index contributed by atoms with van der Waals surface area (Å²) in [6, 6.07) is 4.46. The molecule has 1 aliphatic carbocycles. The van der Waals surface area contributed by atoms with Crippen molar-refractivity contribution in [3.05, 3.63) is 36.3 Å². The zero-order valence-corrected chi connectivity index (χ0v) is 7.70. The Kier molecular flexibility index (Phi) is 2.82. The van der Waals surface area contributed by atoms with Crippen molar-refractivity contribution in [2.75, 3.05) is 0 Å². The first kappa shape index (κ1) is 8.57. The molecule has 0 aromatic carbocycles. The Hall–Kier alpha value is -1.02. The van der Waals surface area contributed by atoms with E-state index in [9.17, 15) is 0 Å². The van der Waals surface area contributed by atoms with E-state index in [0.717, 1.165) is 12.3 Å². The quantitative estimate of drug-likeness (QED) is 0.717. The zero-order valence-electron chi connectivity index (χ0n) is 7.70.